The fourth-order valence-electron chi connectivity index (χ4n) is 5.13. The number of aliphatic hydroxyl groups excluding tert-OH is 1. The zero-order valence-electron chi connectivity index (χ0n) is 21.6. The molecule has 0 spiro atoms. The molecular weight excluding hydrogens is 506 g/mol. The second kappa shape index (κ2) is 10.9. The van der Waals surface area contributed by atoms with Gasteiger partial charge in [-0.3, -0.25) is 9.78 Å². The summed E-state index contributed by atoms with van der Waals surface area (Å²) in [6.45, 7) is 4.50. The van der Waals surface area contributed by atoms with E-state index >= 15 is 0 Å². The number of aromatic nitrogens is 4. The van der Waals surface area contributed by atoms with Crippen LogP contribution in [0.5, 0.6) is 0 Å². The third-order valence-corrected chi connectivity index (χ3v) is 6.91. The molecule has 5 N–H and O–H groups in total. The van der Waals surface area contributed by atoms with Crippen LogP contribution >= 0.6 is 0 Å². The second-order valence-corrected chi connectivity index (χ2v) is 9.84. The molecule has 4 aromatic rings. The molecule has 12 heteroatoms. The Morgan fingerprint density at radius 1 is 1.18 bits per heavy atom. The summed E-state index contributed by atoms with van der Waals surface area (Å²) in [6, 6.07) is 7.09. The van der Waals surface area contributed by atoms with Gasteiger partial charge < -0.3 is 26.4 Å². The zero-order valence-corrected chi connectivity index (χ0v) is 21.6. The lowest BCUT2D eigenvalue weighted by Crippen LogP contribution is -2.61. The molecule has 39 heavy (non-hydrogen) atoms. The summed E-state index contributed by atoms with van der Waals surface area (Å²) in [5.74, 6) is -1.20. The monoisotopic (exact) mass is 536 g/mol. The highest BCUT2D eigenvalue weighted by Gasteiger charge is 2.34. The minimum Gasteiger partial charge on any atom is -0.396 e. The van der Waals surface area contributed by atoms with Gasteiger partial charge in [-0.1, -0.05) is 6.92 Å². The Kier molecular flexibility index (Phi) is 7.40. The Morgan fingerprint density at radius 2 is 1.95 bits per heavy atom. The van der Waals surface area contributed by atoms with Gasteiger partial charge in [0.05, 0.1) is 40.5 Å². The highest BCUT2D eigenvalue weighted by molar-refractivity contribution is 5.75. The molecular formula is C27H30F2N8O2. The van der Waals surface area contributed by atoms with Crippen molar-refractivity contribution in [2.45, 2.75) is 32.4 Å². The second-order valence-electron chi connectivity index (χ2n) is 9.84. The molecule has 1 fully saturated rings. The SMILES string of the molecule is CC(=O)NC1C(C)CN(c2ccncc2Nc2ncc3ccc(-c4c(F)cc(CCO)cc4F)nn23)CC1N. The summed E-state index contributed by atoms with van der Waals surface area (Å²) in [7, 11) is 0. The molecule has 5 rings (SSSR count). The summed E-state index contributed by atoms with van der Waals surface area (Å²) in [4.78, 5) is 22.4. The van der Waals surface area contributed by atoms with Gasteiger partial charge in [0.15, 0.2) is 0 Å². The molecule has 0 saturated carbocycles. The van der Waals surface area contributed by atoms with E-state index in [1.807, 2.05) is 13.0 Å². The first-order valence-corrected chi connectivity index (χ1v) is 12.7. The van der Waals surface area contributed by atoms with Gasteiger partial charge in [0.1, 0.15) is 11.6 Å². The Morgan fingerprint density at radius 3 is 2.64 bits per heavy atom. The van der Waals surface area contributed by atoms with Gasteiger partial charge in [0.25, 0.3) is 0 Å². The molecule has 3 unspecified atom stereocenters. The van der Waals surface area contributed by atoms with Gasteiger partial charge in [-0.2, -0.15) is 9.61 Å². The van der Waals surface area contributed by atoms with Crippen molar-refractivity contribution in [3.05, 3.63) is 66.1 Å². The van der Waals surface area contributed by atoms with Crippen LogP contribution in [-0.4, -0.2) is 62.4 Å². The number of rotatable bonds is 7. The number of piperidine rings is 1. The average Bonchev–Trinajstić information content (AvgIpc) is 3.28. The van der Waals surface area contributed by atoms with Crippen LogP contribution < -0.4 is 21.3 Å². The highest BCUT2D eigenvalue weighted by Crippen LogP contribution is 2.32. The molecule has 0 aliphatic carbocycles. The minimum atomic E-state index is -0.761. The number of hydrogen-bond donors (Lipinski definition) is 4. The Hall–Kier alpha value is -4.16. The lowest BCUT2D eigenvalue weighted by molar-refractivity contribution is -0.120. The Labute approximate surface area is 223 Å². The molecule has 1 amide bonds. The van der Waals surface area contributed by atoms with E-state index in [2.05, 4.69) is 30.6 Å². The number of nitrogens with one attached hydrogen (secondary N) is 2. The van der Waals surface area contributed by atoms with Gasteiger partial charge >= 0.3 is 0 Å². The number of aliphatic hydroxyl groups is 1. The smallest absolute Gasteiger partial charge is 0.229 e. The number of hydrogen-bond acceptors (Lipinski definition) is 8. The number of carbonyl (C=O) groups excluding carboxylic acids is 1. The standard InChI is InChI=1S/C27H30F2N8O2/c1-15-13-36(14-21(30)26(15)33-16(2)39)24-5-7-31-12-23(24)34-27-32-11-18-3-4-22(35-37(18)27)25-19(28)9-17(6-8-38)10-20(25)29/h3-5,7,9-12,15,21,26,38H,6,8,13-14,30H2,1-2H3,(H,32,34)(H,33,39). The molecule has 1 saturated heterocycles. The number of amides is 1. The van der Waals surface area contributed by atoms with E-state index in [1.165, 1.54) is 29.6 Å². The van der Waals surface area contributed by atoms with Gasteiger partial charge in [-0.25, -0.2) is 13.8 Å². The molecule has 4 heterocycles. The molecule has 1 aliphatic heterocycles. The van der Waals surface area contributed by atoms with Crippen molar-refractivity contribution >= 4 is 28.7 Å². The van der Waals surface area contributed by atoms with Crippen LogP contribution in [0, 0.1) is 17.6 Å². The first-order valence-electron chi connectivity index (χ1n) is 12.7. The van der Waals surface area contributed by atoms with Crippen LogP contribution in [0.4, 0.5) is 26.1 Å². The highest BCUT2D eigenvalue weighted by atomic mass is 19.1. The zero-order chi connectivity index (χ0) is 27.7. The van der Waals surface area contributed by atoms with Gasteiger partial charge in [-0.05, 0) is 48.2 Å². The fraction of sp³-hybridized carbons (Fsp3) is 0.333. The normalized spacial score (nSPS) is 19.3. The van der Waals surface area contributed by atoms with E-state index in [1.54, 1.807) is 24.7 Å². The maximum atomic E-state index is 14.9. The van der Waals surface area contributed by atoms with E-state index in [0.717, 1.165) is 5.69 Å². The lowest BCUT2D eigenvalue weighted by atomic mass is 9.89. The van der Waals surface area contributed by atoms with Crippen LogP contribution in [0.1, 0.15) is 19.4 Å². The Bertz CT molecular complexity index is 1480. The number of nitrogens with two attached hydrogens (primary N) is 1. The molecule has 0 bridgehead atoms. The number of anilines is 3. The van der Waals surface area contributed by atoms with Gasteiger partial charge in [0.2, 0.25) is 11.9 Å². The molecule has 1 aliphatic rings. The summed E-state index contributed by atoms with van der Waals surface area (Å²) >= 11 is 0. The number of fused-ring (bicyclic) bond motifs is 1. The summed E-state index contributed by atoms with van der Waals surface area (Å²) < 4.78 is 31.2. The van der Waals surface area contributed by atoms with E-state index in [9.17, 15) is 13.6 Å². The summed E-state index contributed by atoms with van der Waals surface area (Å²) in [5.41, 5.74) is 8.76. The van der Waals surface area contributed by atoms with Crippen LogP contribution in [0.25, 0.3) is 16.8 Å². The largest absolute Gasteiger partial charge is 0.396 e. The summed E-state index contributed by atoms with van der Waals surface area (Å²) in [5, 5.41) is 19.8. The predicted molar refractivity (Wildman–Crippen MR) is 144 cm³/mol. The first kappa shape index (κ1) is 26.4. The minimum absolute atomic E-state index is 0.0975. The average molecular weight is 537 g/mol. The van der Waals surface area contributed by atoms with Crippen molar-refractivity contribution < 1.29 is 18.7 Å². The number of pyridine rings is 1. The fourth-order valence-corrected chi connectivity index (χ4v) is 5.13. The number of halogens is 2. The van der Waals surface area contributed by atoms with Crippen molar-refractivity contribution in [2.75, 3.05) is 29.9 Å². The molecule has 0 radical (unpaired) electrons. The third kappa shape index (κ3) is 5.38. The number of imidazole rings is 1. The number of carbonyl (C=O) groups is 1. The van der Waals surface area contributed by atoms with E-state index in [-0.39, 0.29) is 48.2 Å². The number of benzene rings is 1. The van der Waals surface area contributed by atoms with Crippen LogP contribution in [0.15, 0.2) is 48.9 Å². The van der Waals surface area contributed by atoms with Crippen LogP contribution in [0.2, 0.25) is 0 Å². The first-order chi connectivity index (χ1) is 18.7. The molecule has 3 atom stereocenters. The quantitative estimate of drug-likeness (QED) is 0.283. The van der Waals surface area contributed by atoms with Crippen molar-refractivity contribution in [1.82, 2.24) is 24.9 Å². The van der Waals surface area contributed by atoms with Crippen LogP contribution in [-0.2, 0) is 11.2 Å². The topological polar surface area (TPSA) is 134 Å². The summed E-state index contributed by atoms with van der Waals surface area (Å²) in [6.07, 6.45) is 5.10. The predicted octanol–water partition coefficient (Wildman–Crippen LogP) is 2.64. The lowest BCUT2D eigenvalue weighted by Gasteiger charge is -2.42. The van der Waals surface area contributed by atoms with Crippen molar-refractivity contribution in [2.24, 2.45) is 11.7 Å². The van der Waals surface area contributed by atoms with Crippen molar-refractivity contribution in [3.8, 4) is 11.3 Å². The van der Waals surface area contributed by atoms with Crippen LogP contribution in [0.3, 0.4) is 0 Å². The Balaban J connectivity index is 1.45. The maximum Gasteiger partial charge on any atom is 0.229 e. The van der Waals surface area contributed by atoms with Gasteiger partial charge in [-0.15, -0.1) is 0 Å². The third-order valence-electron chi connectivity index (χ3n) is 6.91. The maximum absolute atomic E-state index is 14.9. The number of nitrogens with zero attached hydrogens (tertiary/aromatic N) is 5. The van der Waals surface area contributed by atoms with E-state index < -0.39 is 11.6 Å². The van der Waals surface area contributed by atoms with Crippen molar-refractivity contribution in [1.29, 1.82) is 0 Å². The molecule has 3 aromatic heterocycles. The van der Waals surface area contributed by atoms with Crippen molar-refractivity contribution in [3.63, 3.8) is 0 Å². The van der Waals surface area contributed by atoms with E-state index in [4.69, 9.17) is 10.8 Å². The van der Waals surface area contributed by atoms with Gasteiger partial charge in [0, 0.05) is 44.9 Å². The molecule has 10 nitrogen and oxygen atoms in total. The molecule has 1 aromatic carbocycles. The molecule has 204 valence electrons. The van der Waals surface area contributed by atoms with E-state index in [0.29, 0.717) is 35.8 Å².